The fourth-order valence-electron chi connectivity index (χ4n) is 2.40. The van der Waals surface area contributed by atoms with Gasteiger partial charge in [-0.05, 0) is 38.8 Å². The molecule has 8 heteroatoms. The molecule has 0 saturated carbocycles. The first-order valence-electron chi connectivity index (χ1n) is 6.70. The van der Waals surface area contributed by atoms with Crippen molar-refractivity contribution in [3.8, 4) is 0 Å². The van der Waals surface area contributed by atoms with Gasteiger partial charge >= 0.3 is 0 Å². The second-order valence-corrected chi connectivity index (χ2v) is 8.76. The second kappa shape index (κ2) is 6.04. The van der Waals surface area contributed by atoms with Crippen LogP contribution in [-0.4, -0.2) is 32.6 Å². The summed E-state index contributed by atoms with van der Waals surface area (Å²) in [5.41, 5.74) is -0.222. The standard InChI is InChI=1S/C13H20N2O4S2/c1-13(2)8-9(5-6-19-13)15-11(16)7-10-3-4-12(20-10)21(14,17)18/h3-4,9H,5-8H2,1-2H3,(H,15,16)(H2,14,17,18). The lowest BCUT2D eigenvalue weighted by Crippen LogP contribution is -2.46. The largest absolute Gasteiger partial charge is 0.375 e. The molecule has 0 bridgehead atoms. The molecule has 1 aliphatic rings. The molecule has 1 aliphatic heterocycles. The van der Waals surface area contributed by atoms with Gasteiger partial charge in [-0.2, -0.15) is 0 Å². The molecule has 1 aromatic rings. The zero-order valence-electron chi connectivity index (χ0n) is 12.1. The summed E-state index contributed by atoms with van der Waals surface area (Å²) in [6, 6.07) is 3.15. The molecule has 1 aromatic heterocycles. The highest BCUT2D eigenvalue weighted by atomic mass is 32.2. The molecule has 1 fully saturated rings. The van der Waals surface area contributed by atoms with Crippen molar-refractivity contribution in [3.63, 3.8) is 0 Å². The van der Waals surface area contributed by atoms with Crippen LogP contribution in [0.5, 0.6) is 0 Å². The number of carbonyl (C=O) groups is 1. The Morgan fingerprint density at radius 3 is 2.81 bits per heavy atom. The van der Waals surface area contributed by atoms with Crippen LogP contribution < -0.4 is 10.5 Å². The molecule has 2 rings (SSSR count). The molecule has 1 saturated heterocycles. The smallest absolute Gasteiger partial charge is 0.247 e. The molecular formula is C13H20N2O4S2. The summed E-state index contributed by atoms with van der Waals surface area (Å²) < 4.78 is 28.1. The molecule has 1 amide bonds. The number of primary sulfonamides is 1. The average Bonchev–Trinajstić information content (AvgIpc) is 2.75. The predicted octanol–water partition coefficient (Wildman–Crippen LogP) is 1.01. The van der Waals surface area contributed by atoms with Gasteiger partial charge in [0.05, 0.1) is 12.0 Å². The first-order valence-corrected chi connectivity index (χ1v) is 9.07. The normalized spacial score (nSPS) is 22.0. The Morgan fingerprint density at radius 1 is 1.52 bits per heavy atom. The topological polar surface area (TPSA) is 98.5 Å². The zero-order valence-corrected chi connectivity index (χ0v) is 13.7. The van der Waals surface area contributed by atoms with Gasteiger partial charge in [0, 0.05) is 17.5 Å². The maximum atomic E-state index is 12.0. The summed E-state index contributed by atoms with van der Waals surface area (Å²) in [4.78, 5) is 12.7. The van der Waals surface area contributed by atoms with E-state index in [0.717, 1.165) is 24.2 Å². The van der Waals surface area contributed by atoms with Crippen molar-refractivity contribution >= 4 is 27.3 Å². The van der Waals surface area contributed by atoms with Crippen LogP contribution in [0.3, 0.4) is 0 Å². The van der Waals surface area contributed by atoms with Gasteiger partial charge in [0.1, 0.15) is 4.21 Å². The van der Waals surface area contributed by atoms with Crippen molar-refractivity contribution in [2.24, 2.45) is 5.14 Å². The van der Waals surface area contributed by atoms with Gasteiger partial charge < -0.3 is 10.1 Å². The van der Waals surface area contributed by atoms with Crippen LogP contribution in [0.15, 0.2) is 16.3 Å². The van der Waals surface area contributed by atoms with Gasteiger partial charge in [-0.15, -0.1) is 11.3 Å². The summed E-state index contributed by atoms with van der Waals surface area (Å²) in [6.07, 6.45) is 1.73. The van der Waals surface area contributed by atoms with Crippen LogP contribution in [0.4, 0.5) is 0 Å². The zero-order chi connectivity index (χ0) is 15.7. The van der Waals surface area contributed by atoms with E-state index in [4.69, 9.17) is 9.88 Å². The lowest BCUT2D eigenvalue weighted by Gasteiger charge is -2.35. The van der Waals surface area contributed by atoms with Gasteiger partial charge in [0.25, 0.3) is 0 Å². The quantitative estimate of drug-likeness (QED) is 0.859. The number of amides is 1. The number of ether oxygens (including phenoxy) is 1. The Balaban J connectivity index is 1.91. The van der Waals surface area contributed by atoms with E-state index in [2.05, 4.69) is 5.32 Å². The summed E-state index contributed by atoms with van der Waals surface area (Å²) in [5, 5.41) is 8.03. The lowest BCUT2D eigenvalue weighted by atomic mass is 9.94. The molecule has 0 aromatic carbocycles. The Bertz CT molecular complexity index is 622. The summed E-state index contributed by atoms with van der Waals surface area (Å²) in [7, 11) is -3.69. The van der Waals surface area contributed by atoms with Crippen molar-refractivity contribution in [1.29, 1.82) is 0 Å². The summed E-state index contributed by atoms with van der Waals surface area (Å²) in [6.45, 7) is 4.64. The highest BCUT2D eigenvalue weighted by Crippen LogP contribution is 2.24. The minimum absolute atomic E-state index is 0.0810. The Hall–Kier alpha value is -0.960. The molecule has 1 atom stereocenters. The van der Waals surface area contributed by atoms with Crippen molar-refractivity contribution < 1.29 is 17.9 Å². The molecule has 118 valence electrons. The highest BCUT2D eigenvalue weighted by molar-refractivity contribution is 7.91. The van der Waals surface area contributed by atoms with Gasteiger partial charge in [-0.3, -0.25) is 4.79 Å². The van der Waals surface area contributed by atoms with Gasteiger partial charge in [-0.25, -0.2) is 13.6 Å². The Kier molecular flexibility index (Phi) is 4.72. The van der Waals surface area contributed by atoms with Gasteiger partial charge in [0.15, 0.2) is 0 Å². The number of thiophene rings is 1. The third kappa shape index (κ3) is 4.77. The number of sulfonamides is 1. The van der Waals surface area contributed by atoms with E-state index in [1.807, 2.05) is 13.8 Å². The van der Waals surface area contributed by atoms with E-state index in [9.17, 15) is 13.2 Å². The fraction of sp³-hybridized carbons (Fsp3) is 0.615. The summed E-state index contributed by atoms with van der Waals surface area (Å²) in [5.74, 6) is -0.111. The van der Waals surface area contributed by atoms with E-state index in [0.29, 0.717) is 11.5 Å². The maximum absolute atomic E-state index is 12.0. The lowest BCUT2D eigenvalue weighted by molar-refractivity contribution is -0.123. The van der Waals surface area contributed by atoms with Crippen LogP contribution in [0, 0.1) is 0 Å². The molecule has 0 spiro atoms. The summed E-state index contributed by atoms with van der Waals surface area (Å²) >= 11 is 1.03. The first kappa shape index (κ1) is 16.4. The molecule has 21 heavy (non-hydrogen) atoms. The predicted molar refractivity (Wildman–Crippen MR) is 80.6 cm³/mol. The minimum atomic E-state index is -3.69. The van der Waals surface area contributed by atoms with Crippen LogP contribution in [0.1, 0.15) is 31.6 Å². The van der Waals surface area contributed by atoms with Gasteiger partial charge in [0.2, 0.25) is 15.9 Å². The van der Waals surface area contributed by atoms with Crippen molar-refractivity contribution in [2.45, 2.75) is 49.0 Å². The number of nitrogens with two attached hydrogens (primary N) is 1. The van der Waals surface area contributed by atoms with E-state index >= 15 is 0 Å². The van der Waals surface area contributed by atoms with E-state index in [1.165, 1.54) is 6.07 Å². The number of hydrogen-bond donors (Lipinski definition) is 2. The van der Waals surface area contributed by atoms with Crippen LogP contribution in [0.25, 0.3) is 0 Å². The first-order chi connectivity index (χ1) is 9.66. The molecule has 3 N–H and O–H groups in total. The average molecular weight is 332 g/mol. The molecular weight excluding hydrogens is 312 g/mol. The molecule has 2 heterocycles. The third-order valence-electron chi connectivity index (χ3n) is 3.31. The SMILES string of the molecule is CC1(C)CC(NC(=O)Cc2ccc(S(N)(=O)=O)s2)CCO1. The van der Waals surface area contributed by atoms with Crippen molar-refractivity contribution in [2.75, 3.05) is 6.61 Å². The van der Waals surface area contributed by atoms with Crippen molar-refractivity contribution in [3.05, 3.63) is 17.0 Å². The Labute approximate surface area is 128 Å². The number of rotatable bonds is 4. The third-order valence-corrected chi connectivity index (χ3v) is 5.84. The Morgan fingerprint density at radius 2 is 2.24 bits per heavy atom. The minimum Gasteiger partial charge on any atom is -0.375 e. The number of nitrogens with one attached hydrogen (secondary N) is 1. The van der Waals surface area contributed by atoms with E-state index in [1.54, 1.807) is 6.07 Å². The fourth-order valence-corrected chi connectivity index (χ4v) is 4.18. The van der Waals surface area contributed by atoms with E-state index < -0.39 is 10.0 Å². The van der Waals surface area contributed by atoms with Crippen molar-refractivity contribution in [1.82, 2.24) is 5.32 Å². The number of carbonyl (C=O) groups excluding carboxylic acids is 1. The number of hydrogen-bond acceptors (Lipinski definition) is 5. The van der Waals surface area contributed by atoms with Gasteiger partial charge in [-0.1, -0.05) is 0 Å². The molecule has 0 aliphatic carbocycles. The molecule has 1 unspecified atom stereocenters. The van der Waals surface area contributed by atoms with Crippen LogP contribution >= 0.6 is 11.3 Å². The maximum Gasteiger partial charge on any atom is 0.247 e. The highest BCUT2D eigenvalue weighted by Gasteiger charge is 2.29. The van der Waals surface area contributed by atoms with Crippen LogP contribution in [-0.2, 0) is 26.0 Å². The molecule has 0 radical (unpaired) electrons. The molecule has 6 nitrogen and oxygen atoms in total. The second-order valence-electron chi connectivity index (χ2n) is 5.81. The van der Waals surface area contributed by atoms with Crippen LogP contribution in [0.2, 0.25) is 0 Å². The van der Waals surface area contributed by atoms with E-state index in [-0.39, 0.29) is 28.2 Å². The monoisotopic (exact) mass is 332 g/mol.